The summed E-state index contributed by atoms with van der Waals surface area (Å²) in [5, 5.41) is 0. The van der Waals surface area contributed by atoms with Gasteiger partial charge in [-0.25, -0.2) is 0 Å². The van der Waals surface area contributed by atoms with E-state index >= 15 is 0 Å². The third-order valence-electron chi connectivity index (χ3n) is 3.76. The van der Waals surface area contributed by atoms with Crippen LogP contribution in [0.5, 0.6) is 0 Å². The van der Waals surface area contributed by atoms with Crippen LogP contribution in [0.4, 0.5) is 0 Å². The van der Waals surface area contributed by atoms with Crippen LogP contribution in [0.2, 0.25) is 0 Å². The first-order chi connectivity index (χ1) is 9.29. The summed E-state index contributed by atoms with van der Waals surface area (Å²) in [6.45, 7) is 9.78. The summed E-state index contributed by atoms with van der Waals surface area (Å²) < 4.78 is 5.10. The minimum Gasteiger partial charge on any atom is -0.381 e. The van der Waals surface area contributed by atoms with E-state index in [1.165, 1.54) is 44.9 Å². The van der Waals surface area contributed by atoms with Gasteiger partial charge in [0.2, 0.25) is 0 Å². The molecule has 19 heavy (non-hydrogen) atoms. The van der Waals surface area contributed by atoms with Crippen molar-refractivity contribution in [2.45, 2.75) is 71.8 Å². The van der Waals surface area contributed by atoms with Crippen molar-refractivity contribution in [3.05, 3.63) is 12.2 Å². The number of methoxy groups -OCH3 is 1. The van der Waals surface area contributed by atoms with Gasteiger partial charge in [0.1, 0.15) is 0 Å². The predicted molar refractivity (Wildman–Crippen MR) is 85.7 cm³/mol. The molecule has 0 saturated heterocycles. The van der Waals surface area contributed by atoms with E-state index in [0.29, 0.717) is 6.04 Å². The minimum absolute atomic E-state index is 0.594. The molecule has 114 valence electrons. The maximum atomic E-state index is 5.10. The van der Waals surface area contributed by atoms with Crippen molar-refractivity contribution >= 4 is 0 Å². The Bertz CT molecular complexity index is 199. The Labute approximate surface area is 121 Å². The topological polar surface area (TPSA) is 12.5 Å². The standard InChI is InChI=1S/C17H35NO/c1-5-8-9-10-11-12-14-17(15-13-16-19-4)18(6-2)7-3/h13,15,17H,5-12,14,16H2,1-4H3. The lowest BCUT2D eigenvalue weighted by molar-refractivity contribution is 0.225. The van der Waals surface area contributed by atoms with Crippen LogP contribution in [0.3, 0.4) is 0 Å². The first-order valence-corrected chi connectivity index (χ1v) is 8.19. The Morgan fingerprint density at radius 3 is 2.16 bits per heavy atom. The molecule has 0 bridgehead atoms. The second-order valence-electron chi connectivity index (χ2n) is 5.23. The first kappa shape index (κ1) is 18.7. The zero-order chi connectivity index (χ0) is 14.3. The summed E-state index contributed by atoms with van der Waals surface area (Å²) in [5.41, 5.74) is 0. The molecule has 2 nitrogen and oxygen atoms in total. The maximum Gasteiger partial charge on any atom is 0.0644 e. The van der Waals surface area contributed by atoms with Gasteiger partial charge in [0.15, 0.2) is 0 Å². The van der Waals surface area contributed by atoms with Gasteiger partial charge in [-0.1, -0.05) is 71.4 Å². The molecule has 0 spiro atoms. The molecule has 0 saturated carbocycles. The molecule has 0 heterocycles. The highest BCUT2D eigenvalue weighted by Crippen LogP contribution is 2.13. The molecular formula is C17H35NO. The number of rotatable bonds is 13. The molecular weight excluding hydrogens is 234 g/mol. The van der Waals surface area contributed by atoms with Gasteiger partial charge in [0.25, 0.3) is 0 Å². The van der Waals surface area contributed by atoms with E-state index in [9.17, 15) is 0 Å². The van der Waals surface area contributed by atoms with Crippen LogP contribution in [0.1, 0.15) is 65.7 Å². The van der Waals surface area contributed by atoms with Crippen molar-refractivity contribution in [2.75, 3.05) is 26.8 Å². The van der Waals surface area contributed by atoms with Crippen LogP contribution in [0.15, 0.2) is 12.2 Å². The summed E-state index contributed by atoms with van der Waals surface area (Å²) in [7, 11) is 1.75. The van der Waals surface area contributed by atoms with Crippen LogP contribution in [0.25, 0.3) is 0 Å². The van der Waals surface area contributed by atoms with Gasteiger partial charge in [0, 0.05) is 13.2 Å². The number of likely N-dealkylation sites (N-methyl/N-ethyl adjacent to an activating group) is 1. The van der Waals surface area contributed by atoms with Gasteiger partial charge in [-0.15, -0.1) is 0 Å². The van der Waals surface area contributed by atoms with E-state index in [1.54, 1.807) is 7.11 Å². The van der Waals surface area contributed by atoms with E-state index in [2.05, 4.69) is 37.8 Å². The van der Waals surface area contributed by atoms with Gasteiger partial charge >= 0.3 is 0 Å². The summed E-state index contributed by atoms with van der Waals surface area (Å²) >= 11 is 0. The highest BCUT2D eigenvalue weighted by atomic mass is 16.5. The fourth-order valence-corrected chi connectivity index (χ4v) is 2.54. The largest absolute Gasteiger partial charge is 0.381 e. The molecule has 0 aliphatic rings. The summed E-state index contributed by atoms with van der Waals surface area (Å²) in [6, 6.07) is 0.594. The summed E-state index contributed by atoms with van der Waals surface area (Å²) in [4.78, 5) is 2.54. The summed E-state index contributed by atoms with van der Waals surface area (Å²) in [6.07, 6.45) is 14.1. The molecule has 0 fully saturated rings. The molecule has 0 aliphatic heterocycles. The van der Waals surface area contributed by atoms with Crippen LogP contribution in [-0.2, 0) is 4.74 Å². The Morgan fingerprint density at radius 2 is 1.58 bits per heavy atom. The second kappa shape index (κ2) is 14.1. The van der Waals surface area contributed by atoms with Crippen molar-refractivity contribution in [3.63, 3.8) is 0 Å². The molecule has 0 aromatic heterocycles. The monoisotopic (exact) mass is 269 g/mol. The van der Waals surface area contributed by atoms with Crippen molar-refractivity contribution in [3.8, 4) is 0 Å². The lowest BCUT2D eigenvalue weighted by Crippen LogP contribution is -2.33. The van der Waals surface area contributed by atoms with E-state index < -0.39 is 0 Å². The Balaban J connectivity index is 3.97. The Kier molecular flexibility index (Phi) is 13.8. The molecule has 0 amide bonds. The highest BCUT2D eigenvalue weighted by molar-refractivity contribution is 4.94. The third kappa shape index (κ3) is 10.1. The smallest absolute Gasteiger partial charge is 0.0644 e. The fourth-order valence-electron chi connectivity index (χ4n) is 2.54. The van der Waals surface area contributed by atoms with Crippen molar-refractivity contribution in [1.82, 2.24) is 4.90 Å². The minimum atomic E-state index is 0.594. The van der Waals surface area contributed by atoms with Crippen LogP contribution < -0.4 is 0 Å². The number of hydrogen-bond donors (Lipinski definition) is 0. The maximum absolute atomic E-state index is 5.10. The molecule has 0 aliphatic carbocycles. The van der Waals surface area contributed by atoms with E-state index in [-0.39, 0.29) is 0 Å². The average molecular weight is 269 g/mol. The van der Waals surface area contributed by atoms with Gasteiger partial charge in [-0.05, 0) is 19.5 Å². The van der Waals surface area contributed by atoms with E-state index in [4.69, 9.17) is 4.74 Å². The fraction of sp³-hybridized carbons (Fsp3) is 0.882. The second-order valence-corrected chi connectivity index (χ2v) is 5.23. The van der Waals surface area contributed by atoms with Crippen molar-refractivity contribution in [1.29, 1.82) is 0 Å². The summed E-state index contributed by atoms with van der Waals surface area (Å²) in [5.74, 6) is 0. The third-order valence-corrected chi connectivity index (χ3v) is 3.76. The normalized spacial score (nSPS) is 13.5. The molecule has 0 aromatic carbocycles. The molecule has 2 heteroatoms. The molecule has 0 N–H and O–H groups in total. The van der Waals surface area contributed by atoms with Gasteiger partial charge in [-0.3, -0.25) is 4.90 Å². The average Bonchev–Trinajstić information content (AvgIpc) is 2.43. The first-order valence-electron chi connectivity index (χ1n) is 8.19. The van der Waals surface area contributed by atoms with Gasteiger partial charge < -0.3 is 4.74 Å². The Morgan fingerprint density at radius 1 is 0.947 bits per heavy atom. The SMILES string of the molecule is CCCCCCCCC(C=CCOC)N(CC)CC. The molecule has 0 rings (SSSR count). The van der Waals surface area contributed by atoms with Gasteiger partial charge in [-0.2, -0.15) is 0 Å². The lowest BCUT2D eigenvalue weighted by atomic mass is 10.0. The quantitative estimate of drug-likeness (QED) is 0.356. The number of hydrogen-bond acceptors (Lipinski definition) is 2. The zero-order valence-corrected chi connectivity index (χ0v) is 13.7. The lowest BCUT2D eigenvalue weighted by Gasteiger charge is -2.27. The molecule has 0 radical (unpaired) electrons. The molecule has 1 atom stereocenters. The van der Waals surface area contributed by atoms with Crippen LogP contribution in [0, 0.1) is 0 Å². The number of ether oxygens (including phenoxy) is 1. The highest BCUT2D eigenvalue weighted by Gasteiger charge is 2.11. The van der Waals surface area contributed by atoms with Crippen LogP contribution >= 0.6 is 0 Å². The van der Waals surface area contributed by atoms with E-state index in [1.807, 2.05) is 0 Å². The molecule has 0 aromatic rings. The molecule has 1 unspecified atom stereocenters. The number of nitrogens with zero attached hydrogens (tertiary/aromatic N) is 1. The van der Waals surface area contributed by atoms with Crippen molar-refractivity contribution in [2.24, 2.45) is 0 Å². The van der Waals surface area contributed by atoms with E-state index in [0.717, 1.165) is 19.7 Å². The van der Waals surface area contributed by atoms with Crippen molar-refractivity contribution < 1.29 is 4.74 Å². The predicted octanol–water partition coefficient (Wildman–Crippen LogP) is 4.65. The number of unbranched alkanes of at least 4 members (excludes halogenated alkanes) is 5. The Hall–Kier alpha value is -0.340. The zero-order valence-electron chi connectivity index (χ0n) is 13.7. The van der Waals surface area contributed by atoms with Crippen LogP contribution in [-0.4, -0.2) is 37.7 Å². The van der Waals surface area contributed by atoms with Gasteiger partial charge in [0.05, 0.1) is 6.61 Å².